The number of rotatable bonds is 4. The maximum absolute atomic E-state index is 12.5. The number of hydrogen-bond acceptors (Lipinski definition) is 4. The van der Waals surface area contributed by atoms with Crippen molar-refractivity contribution in [2.75, 3.05) is 58.2 Å². The highest BCUT2D eigenvalue weighted by molar-refractivity contribution is 6.92. The molecule has 1 unspecified atom stereocenters. The third-order valence-corrected chi connectivity index (χ3v) is 2.79. The van der Waals surface area contributed by atoms with E-state index in [-0.39, 0.29) is 20.3 Å². The summed E-state index contributed by atoms with van der Waals surface area (Å²) in [5, 5.41) is 9.26. The SMILES string of the molecule is CNc1cc(NC)c(C(=O)[N+](C)(C)C)c(NC)c1.P. The van der Waals surface area contributed by atoms with Crippen LogP contribution in [0, 0.1) is 0 Å². The molecule has 1 aromatic rings. The number of carbonyl (C=O) groups is 1. The summed E-state index contributed by atoms with van der Waals surface area (Å²) in [4.78, 5) is 12.5. The molecule has 1 rings (SSSR count). The Morgan fingerprint density at radius 1 is 0.947 bits per heavy atom. The van der Waals surface area contributed by atoms with E-state index in [0.717, 1.165) is 17.1 Å². The van der Waals surface area contributed by atoms with Crippen LogP contribution >= 0.6 is 9.90 Å². The molecule has 19 heavy (non-hydrogen) atoms. The highest BCUT2D eigenvalue weighted by Crippen LogP contribution is 2.30. The summed E-state index contributed by atoms with van der Waals surface area (Å²) in [6.45, 7) is 0. The van der Waals surface area contributed by atoms with Gasteiger partial charge in [0.2, 0.25) is 0 Å². The Morgan fingerprint density at radius 2 is 1.37 bits per heavy atom. The zero-order valence-electron chi connectivity index (χ0n) is 12.7. The molecule has 0 heterocycles. The first-order chi connectivity index (χ1) is 8.35. The maximum Gasteiger partial charge on any atom is 0.349 e. The summed E-state index contributed by atoms with van der Waals surface area (Å²) >= 11 is 0. The van der Waals surface area contributed by atoms with Crippen LogP contribution in [0.3, 0.4) is 0 Å². The summed E-state index contributed by atoms with van der Waals surface area (Å²) in [5.41, 5.74) is 3.29. The van der Waals surface area contributed by atoms with E-state index in [2.05, 4.69) is 16.0 Å². The average Bonchev–Trinajstić information content (AvgIpc) is 2.34. The predicted octanol–water partition coefficient (Wildman–Crippen LogP) is 1.72. The molecule has 0 aliphatic rings. The van der Waals surface area contributed by atoms with Gasteiger partial charge >= 0.3 is 5.91 Å². The van der Waals surface area contributed by atoms with Crippen LogP contribution in [0.2, 0.25) is 0 Å². The van der Waals surface area contributed by atoms with Crippen LogP contribution in [0.25, 0.3) is 0 Å². The van der Waals surface area contributed by atoms with E-state index in [1.807, 2.05) is 54.4 Å². The highest BCUT2D eigenvalue weighted by atomic mass is 31.0. The number of nitrogens with zero attached hydrogens (tertiary/aromatic N) is 1. The monoisotopic (exact) mass is 285 g/mol. The molecule has 0 aliphatic carbocycles. The molecule has 3 N–H and O–H groups in total. The second-order valence-electron chi connectivity index (χ2n) is 5.01. The van der Waals surface area contributed by atoms with Crippen LogP contribution in [0.4, 0.5) is 17.1 Å². The molecular formula is C13H26N4OP+. The van der Waals surface area contributed by atoms with Gasteiger partial charge in [-0.3, -0.25) is 4.48 Å². The van der Waals surface area contributed by atoms with Crippen molar-refractivity contribution in [1.29, 1.82) is 0 Å². The minimum Gasteiger partial charge on any atom is -0.388 e. The number of amides is 1. The van der Waals surface area contributed by atoms with Gasteiger partial charge in [0.15, 0.2) is 0 Å². The normalized spacial score (nSPS) is 10.4. The first-order valence-electron chi connectivity index (χ1n) is 5.92. The van der Waals surface area contributed by atoms with E-state index in [1.165, 1.54) is 0 Å². The summed E-state index contributed by atoms with van der Waals surface area (Å²) in [6.07, 6.45) is 0. The van der Waals surface area contributed by atoms with Crippen LogP contribution in [0.1, 0.15) is 10.4 Å². The lowest BCUT2D eigenvalue weighted by Crippen LogP contribution is -2.41. The van der Waals surface area contributed by atoms with Crippen LogP contribution in [-0.2, 0) is 0 Å². The van der Waals surface area contributed by atoms with Crippen molar-refractivity contribution in [1.82, 2.24) is 0 Å². The Bertz CT molecular complexity index is 429. The Labute approximate surface area is 119 Å². The molecule has 0 aromatic heterocycles. The van der Waals surface area contributed by atoms with E-state index in [9.17, 15) is 4.79 Å². The number of anilines is 3. The van der Waals surface area contributed by atoms with Crippen LogP contribution < -0.4 is 16.0 Å². The Morgan fingerprint density at radius 3 is 1.63 bits per heavy atom. The van der Waals surface area contributed by atoms with Crippen molar-refractivity contribution in [2.24, 2.45) is 0 Å². The van der Waals surface area contributed by atoms with Crippen molar-refractivity contribution in [3.05, 3.63) is 17.7 Å². The predicted molar refractivity (Wildman–Crippen MR) is 88.6 cm³/mol. The molecule has 6 heteroatoms. The molecule has 1 amide bonds. The van der Waals surface area contributed by atoms with Gasteiger partial charge in [0.25, 0.3) is 0 Å². The Hall–Kier alpha value is -1.32. The number of carbonyl (C=O) groups excluding carboxylic acids is 1. The van der Waals surface area contributed by atoms with E-state index < -0.39 is 0 Å². The Balaban J connectivity index is 0.00000324. The average molecular weight is 285 g/mol. The summed E-state index contributed by atoms with van der Waals surface area (Å²) in [7, 11) is 11.1. The molecule has 0 bridgehead atoms. The zero-order valence-corrected chi connectivity index (χ0v) is 14.1. The van der Waals surface area contributed by atoms with Gasteiger partial charge in [-0.1, -0.05) is 0 Å². The third kappa shape index (κ3) is 3.82. The van der Waals surface area contributed by atoms with Gasteiger partial charge in [-0.25, -0.2) is 4.79 Å². The molecule has 1 atom stereocenters. The van der Waals surface area contributed by atoms with Gasteiger partial charge in [0, 0.05) is 26.8 Å². The van der Waals surface area contributed by atoms with Gasteiger partial charge in [-0.15, -0.1) is 0 Å². The minimum atomic E-state index is 0. The molecule has 0 saturated carbocycles. The number of nitrogens with one attached hydrogen (secondary N) is 3. The summed E-state index contributed by atoms with van der Waals surface area (Å²) < 4.78 is 0.252. The quantitative estimate of drug-likeness (QED) is 0.582. The van der Waals surface area contributed by atoms with Gasteiger partial charge in [-0.2, -0.15) is 9.90 Å². The summed E-state index contributed by atoms with van der Waals surface area (Å²) in [5.74, 6) is 0.0614. The lowest BCUT2D eigenvalue weighted by atomic mass is 10.1. The molecule has 5 nitrogen and oxygen atoms in total. The fourth-order valence-corrected chi connectivity index (χ4v) is 1.75. The van der Waals surface area contributed by atoms with Gasteiger partial charge < -0.3 is 16.0 Å². The van der Waals surface area contributed by atoms with Crippen LogP contribution in [0.15, 0.2) is 12.1 Å². The second kappa shape index (κ2) is 6.73. The van der Waals surface area contributed by atoms with E-state index >= 15 is 0 Å². The second-order valence-corrected chi connectivity index (χ2v) is 5.01. The van der Waals surface area contributed by atoms with Crippen LogP contribution in [0.5, 0.6) is 0 Å². The van der Waals surface area contributed by atoms with E-state index in [1.54, 1.807) is 0 Å². The smallest absolute Gasteiger partial charge is 0.349 e. The fourth-order valence-electron chi connectivity index (χ4n) is 1.75. The molecule has 0 spiro atoms. The maximum atomic E-state index is 12.5. The molecule has 108 valence electrons. The molecule has 0 aliphatic heterocycles. The van der Waals surface area contributed by atoms with Crippen molar-refractivity contribution in [2.45, 2.75) is 0 Å². The molecule has 0 fully saturated rings. The fraction of sp³-hybridized carbons (Fsp3) is 0.462. The summed E-state index contributed by atoms with van der Waals surface area (Å²) in [6, 6.07) is 3.87. The number of benzene rings is 1. The molecule has 1 aromatic carbocycles. The Kier molecular flexibility index (Phi) is 6.27. The largest absolute Gasteiger partial charge is 0.388 e. The molecule has 0 saturated heterocycles. The lowest BCUT2D eigenvalue weighted by molar-refractivity contribution is -0.785. The molecular weight excluding hydrogens is 259 g/mol. The van der Waals surface area contributed by atoms with Crippen LogP contribution in [-0.4, -0.2) is 52.7 Å². The van der Waals surface area contributed by atoms with Crippen molar-refractivity contribution < 1.29 is 9.28 Å². The number of hydrogen-bond donors (Lipinski definition) is 3. The van der Waals surface area contributed by atoms with Crippen molar-refractivity contribution in [3.63, 3.8) is 0 Å². The zero-order chi connectivity index (χ0) is 13.9. The van der Waals surface area contributed by atoms with E-state index in [4.69, 9.17) is 0 Å². The van der Waals surface area contributed by atoms with Crippen molar-refractivity contribution in [3.8, 4) is 0 Å². The van der Waals surface area contributed by atoms with Gasteiger partial charge in [0.05, 0.1) is 32.5 Å². The first-order valence-corrected chi connectivity index (χ1v) is 5.92. The van der Waals surface area contributed by atoms with E-state index in [0.29, 0.717) is 5.56 Å². The number of quaternary nitrogens is 1. The lowest BCUT2D eigenvalue weighted by Gasteiger charge is -2.24. The van der Waals surface area contributed by atoms with Gasteiger partial charge in [0.1, 0.15) is 5.56 Å². The third-order valence-electron chi connectivity index (χ3n) is 2.79. The molecule has 0 radical (unpaired) electrons. The minimum absolute atomic E-state index is 0. The highest BCUT2D eigenvalue weighted by Gasteiger charge is 2.28. The topological polar surface area (TPSA) is 53.2 Å². The van der Waals surface area contributed by atoms with Gasteiger partial charge in [-0.05, 0) is 12.1 Å². The first kappa shape index (κ1) is 17.7. The van der Waals surface area contributed by atoms with Crippen molar-refractivity contribution >= 4 is 32.9 Å². The standard InChI is InChI=1S/C13H22N4O.H3P/c1-14-9-7-10(15-2)12(11(8-9)16-3)13(18)17(4,5)6;/h7-8H,1-6H3,(H2-,14,15,16,18);1H3/p+1.